The van der Waals surface area contributed by atoms with Crippen molar-refractivity contribution in [3.8, 4) is 0 Å². The quantitative estimate of drug-likeness (QED) is 0.749. The minimum atomic E-state index is -0.0962. The second kappa shape index (κ2) is 8.63. The molecule has 3 N–H and O–H groups in total. The van der Waals surface area contributed by atoms with Crippen LogP contribution in [0.1, 0.15) is 47.0 Å². The van der Waals surface area contributed by atoms with Gasteiger partial charge in [0.2, 0.25) is 5.91 Å². The van der Waals surface area contributed by atoms with Crippen LogP contribution in [0.15, 0.2) is 0 Å². The number of carbonyl (C=O) groups excluding carboxylic acids is 1. The minimum absolute atomic E-state index is 0.0760. The van der Waals surface area contributed by atoms with Crippen LogP contribution in [-0.4, -0.2) is 43.0 Å². The van der Waals surface area contributed by atoms with Gasteiger partial charge in [-0.3, -0.25) is 4.79 Å². The van der Waals surface area contributed by atoms with Crippen LogP contribution >= 0.6 is 0 Å². The van der Waals surface area contributed by atoms with Gasteiger partial charge in [0, 0.05) is 18.5 Å². The number of nitrogens with two attached hydrogens (primary N) is 1. The van der Waals surface area contributed by atoms with Crippen LogP contribution in [0.5, 0.6) is 0 Å². The highest BCUT2D eigenvalue weighted by Gasteiger charge is 2.21. The monoisotopic (exact) mass is 283 g/mol. The fraction of sp³-hybridized carbons (Fsp3) is 0.938. The summed E-state index contributed by atoms with van der Waals surface area (Å²) < 4.78 is 0. The molecule has 2 unspecified atom stereocenters. The molecule has 1 aliphatic heterocycles. The van der Waals surface area contributed by atoms with Crippen molar-refractivity contribution >= 4 is 5.91 Å². The molecule has 0 bridgehead atoms. The predicted molar refractivity (Wildman–Crippen MR) is 84.4 cm³/mol. The first kappa shape index (κ1) is 17.4. The van der Waals surface area contributed by atoms with Gasteiger partial charge in [-0.15, -0.1) is 0 Å². The van der Waals surface area contributed by atoms with Crippen molar-refractivity contribution in [1.82, 2.24) is 10.2 Å². The van der Waals surface area contributed by atoms with Crippen molar-refractivity contribution in [2.24, 2.45) is 23.5 Å². The number of rotatable bonds is 7. The first-order valence-corrected chi connectivity index (χ1v) is 8.15. The number of nitrogens with zero attached hydrogens (tertiary/aromatic N) is 1. The molecule has 0 aromatic heterocycles. The molecule has 0 spiro atoms. The first-order valence-electron chi connectivity index (χ1n) is 8.15. The number of hydrogen-bond donors (Lipinski definition) is 2. The lowest BCUT2D eigenvalue weighted by Crippen LogP contribution is -2.43. The molecule has 0 saturated carbocycles. The molecule has 1 saturated heterocycles. The van der Waals surface area contributed by atoms with Crippen molar-refractivity contribution in [3.05, 3.63) is 0 Å². The van der Waals surface area contributed by atoms with E-state index in [2.05, 4.69) is 24.1 Å². The van der Waals surface area contributed by atoms with Crippen LogP contribution in [0, 0.1) is 17.8 Å². The van der Waals surface area contributed by atoms with Crippen molar-refractivity contribution in [1.29, 1.82) is 0 Å². The number of amides is 1. The van der Waals surface area contributed by atoms with Gasteiger partial charge in [-0.2, -0.15) is 0 Å². The Morgan fingerprint density at radius 2 is 1.85 bits per heavy atom. The van der Waals surface area contributed by atoms with Gasteiger partial charge < -0.3 is 16.0 Å². The minimum Gasteiger partial charge on any atom is -0.356 e. The van der Waals surface area contributed by atoms with E-state index in [1.807, 2.05) is 13.8 Å². The Morgan fingerprint density at radius 3 is 2.35 bits per heavy atom. The second-order valence-electron chi connectivity index (χ2n) is 6.86. The third kappa shape index (κ3) is 6.23. The molecule has 1 rings (SSSR count). The summed E-state index contributed by atoms with van der Waals surface area (Å²) in [6, 6.07) is -0.0760. The smallest absolute Gasteiger partial charge is 0.224 e. The molecule has 4 heteroatoms. The van der Waals surface area contributed by atoms with Gasteiger partial charge in [0.05, 0.1) is 0 Å². The van der Waals surface area contributed by atoms with E-state index in [0.29, 0.717) is 5.92 Å². The van der Waals surface area contributed by atoms with Crippen LogP contribution in [0.4, 0.5) is 0 Å². The molecule has 1 fully saturated rings. The fourth-order valence-electron chi connectivity index (χ4n) is 2.50. The highest BCUT2D eigenvalue weighted by molar-refractivity contribution is 5.78. The maximum Gasteiger partial charge on any atom is 0.224 e. The van der Waals surface area contributed by atoms with Crippen molar-refractivity contribution in [2.45, 2.75) is 53.0 Å². The lowest BCUT2D eigenvalue weighted by atomic mass is 9.95. The highest BCUT2D eigenvalue weighted by Crippen LogP contribution is 2.17. The van der Waals surface area contributed by atoms with E-state index < -0.39 is 0 Å². The summed E-state index contributed by atoms with van der Waals surface area (Å²) in [5.41, 5.74) is 5.75. The molecular formula is C16H33N3O. The number of hydrogen-bond acceptors (Lipinski definition) is 3. The molecule has 0 aliphatic carbocycles. The number of likely N-dealkylation sites (tertiary alicyclic amines) is 1. The Bertz CT molecular complexity index is 283. The molecule has 1 amide bonds. The topological polar surface area (TPSA) is 58.4 Å². The third-order valence-electron chi connectivity index (χ3n) is 4.50. The third-order valence-corrected chi connectivity index (χ3v) is 4.50. The second-order valence-corrected chi connectivity index (χ2v) is 6.86. The summed E-state index contributed by atoms with van der Waals surface area (Å²) >= 11 is 0. The van der Waals surface area contributed by atoms with Gasteiger partial charge in [-0.1, -0.05) is 20.8 Å². The Labute approximate surface area is 124 Å². The molecule has 118 valence electrons. The van der Waals surface area contributed by atoms with Gasteiger partial charge in [-0.25, -0.2) is 0 Å². The summed E-state index contributed by atoms with van der Waals surface area (Å²) in [7, 11) is 0. The number of nitrogens with one attached hydrogen (secondary N) is 1. The molecule has 2 atom stereocenters. The summed E-state index contributed by atoms with van der Waals surface area (Å²) in [4.78, 5) is 14.4. The van der Waals surface area contributed by atoms with Crippen LogP contribution in [0.25, 0.3) is 0 Å². The zero-order chi connectivity index (χ0) is 15.1. The van der Waals surface area contributed by atoms with Gasteiger partial charge >= 0.3 is 0 Å². The normalized spacial score (nSPS) is 20.9. The van der Waals surface area contributed by atoms with E-state index in [4.69, 9.17) is 5.73 Å². The highest BCUT2D eigenvalue weighted by atomic mass is 16.1. The largest absolute Gasteiger partial charge is 0.356 e. The fourth-order valence-corrected chi connectivity index (χ4v) is 2.50. The predicted octanol–water partition coefficient (Wildman–Crippen LogP) is 1.84. The maximum atomic E-state index is 11.9. The standard InChI is InChI=1S/C16H33N3O/c1-12(2)5-8-19-9-6-15(7-10-19)11-18-16(20)13(3)14(4)17/h12-15H,5-11,17H2,1-4H3,(H,18,20). The Morgan fingerprint density at radius 1 is 1.25 bits per heavy atom. The average molecular weight is 283 g/mol. The Kier molecular flexibility index (Phi) is 7.52. The van der Waals surface area contributed by atoms with Gasteiger partial charge in [0.1, 0.15) is 0 Å². The van der Waals surface area contributed by atoms with Crippen LogP contribution in [-0.2, 0) is 4.79 Å². The first-order chi connectivity index (χ1) is 9.40. The molecule has 20 heavy (non-hydrogen) atoms. The van der Waals surface area contributed by atoms with E-state index in [1.54, 1.807) is 0 Å². The lowest BCUT2D eigenvalue weighted by Gasteiger charge is -2.32. The maximum absolute atomic E-state index is 11.9. The zero-order valence-electron chi connectivity index (χ0n) is 13.7. The van der Waals surface area contributed by atoms with Crippen LogP contribution in [0.2, 0.25) is 0 Å². The summed E-state index contributed by atoms with van der Waals surface area (Å²) in [5, 5.41) is 3.06. The Balaban J connectivity index is 2.18. The van der Waals surface area contributed by atoms with Crippen molar-refractivity contribution < 1.29 is 4.79 Å². The zero-order valence-corrected chi connectivity index (χ0v) is 13.7. The summed E-state index contributed by atoms with van der Waals surface area (Å²) in [6.45, 7) is 12.7. The summed E-state index contributed by atoms with van der Waals surface area (Å²) in [5.74, 6) is 1.42. The van der Waals surface area contributed by atoms with E-state index >= 15 is 0 Å². The van der Waals surface area contributed by atoms with E-state index in [1.165, 1.54) is 38.9 Å². The van der Waals surface area contributed by atoms with Crippen LogP contribution in [0.3, 0.4) is 0 Å². The molecule has 0 radical (unpaired) electrons. The van der Waals surface area contributed by atoms with E-state index in [-0.39, 0.29) is 17.9 Å². The van der Waals surface area contributed by atoms with Gasteiger partial charge in [-0.05, 0) is 57.7 Å². The van der Waals surface area contributed by atoms with Gasteiger partial charge in [0.15, 0.2) is 0 Å². The summed E-state index contributed by atoms with van der Waals surface area (Å²) in [6.07, 6.45) is 3.68. The molecular weight excluding hydrogens is 250 g/mol. The number of carbonyl (C=O) groups is 1. The van der Waals surface area contributed by atoms with Crippen molar-refractivity contribution in [2.75, 3.05) is 26.2 Å². The van der Waals surface area contributed by atoms with Crippen LogP contribution < -0.4 is 11.1 Å². The SMILES string of the molecule is CC(C)CCN1CCC(CNC(=O)C(C)C(C)N)CC1. The van der Waals surface area contributed by atoms with E-state index in [9.17, 15) is 4.79 Å². The molecule has 0 aromatic rings. The van der Waals surface area contributed by atoms with Gasteiger partial charge in [0.25, 0.3) is 0 Å². The molecule has 1 heterocycles. The number of piperidine rings is 1. The van der Waals surface area contributed by atoms with Crippen molar-refractivity contribution in [3.63, 3.8) is 0 Å². The molecule has 1 aliphatic rings. The molecule has 4 nitrogen and oxygen atoms in total. The molecule has 0 aromatic carbocycles. The average Bonchev–Trinajstić information content (AvgIpc) is 2.42. The van der Waals surface area contributed by atoms with E-state index in [0.717, 1.165) is 12.5 Å². The Hall–Kier alpha value is -0.610. The lowest BCUT2D eigenvalue weighted by molar-refractivity contribution is -0.125.